The van der Waals surface area contributed by atoms with E-state index in [4.69, 9.17) is 4.52 Å². The maximum absolute atomic E-state index is 13.0. The van der Waals surface area contributed by atoms with E-state index in [1.807, 2.05) is 11.0 Å². The fraction of sp³-hybridized carbons (Fsp3) is 0.222. The molecule has 0 saturated heterocycles. The number of pyridine rings is 1. The molecule has 0 unspecified atom stereocenters. The van der Waals surface area contributed by atoms with E-state index in [0.29, 0.717) is 30.1 Å². The molecule has 7 nitrogen and oxygen atoms in total. The number of anilines is 1. The molecule has 0 fully saturated rings. The average Bonchev–Trinajstić information content (AvgIpc) is 3.11. The lowest BCUT2D eigenvalue weighted by atomic mass is 10.1. The molecule has 0 radical (unpaired) electrons. The van der Waals surface area contributed by atoms with Crippen molar-refractivity contribution >= 4 is 11.4 Å². The molecular weight excluding hydrogens is 339 g/mol. The molecule has 0 amide bonds. The summed E-state index contributed by atoms with van der Waals surface area (Å²) >= 11 is 0. The molecule has 2 heterocycles. The van der Waals surface area contributed by atoms with Crippen LogP contribution in [0.25, 0.3) is 11.3 Å². The molecule has 0 bridgehead atoms. The maximum Gasteiger partial charge on any atom is 0.310 e. The number of nitrogens with zero attached hydrogens (tertiary/aromatic N) is 4. The Bertz CT molecular complexity index is 895. The number of aryl methyl sites for hydroxylation is 1. The van der Waals surface area contributed by atoms with E-state index in [1.54, 1.807) is 25.2 Å². The van der Waals surface area contributed by atoms with E-state index in [2.05, 4.69) is 10.1 Å². The van der Waals surface area contributed by atoms with Crippen LogP contribution in [0.1, 0.15) is 12.2 Å². The van der Waals surface area contributed by atoms with Crippen molar-refractivity contribution in [2.45, 2.75) is 12.8 Å². The Kier molecular flexibility index (Phi) is 5.21. The van der Waals surface area contributed by atoms with Gasteiger partial charge in [-0.05, 0) is 36.8 Å². The molecule has 0 aliphatic heterocycles. The van der Waals surface area contributed by atoms with Gasteiger partial charge in [0, 0.05) is 37.8 Å². The van der Waals surface area contributed by atoms with Crippen molar-refractivity contribution in [1.29, 1.82) is 0 Å². The zero-order valence-corrected chi connectivity index (χ0v) is 14.1. The first-order chi connectivity index (χ1) is 12.5. The van der Waals surface area contributed by atoms with Crippen LogP contribution in [0.5, 0.6) is 0 Å². The highest BCUT2D eigenvalue weighted by atomic mass is 19.1. The summed E-state index contributed by atoms with van der Waals surface area (Å²) in [7, 11) is 1.80. The smallest absolute Gasteiger partial charge is 0.310 e. The minimum absolute atomic E-state index is 0.0201. The standard InChI is InChI=1S/C18H17FN4O3/c1-22(17-8-9-20-12-18(17)23(24)25)10-2-3-15-11-16(21-26-15)13-4-6-14(19)7-5-13/h4-9,11-12H,2-3,10H2,1H3. The first-order valence-electron chi connectivity index (χ1n) is 8.05. The maximum atomic E-state index is 13.0. The third kappa shape index (κ3) is 4.02. The van der Waals surface area contributed by atoms with Crippen molar-refractivity contribution in [3.63, 3.8) is 0 Å². The molecular formula is C18H17FN4O3. The first kappa shape index (κ1) is 17.5. The Hall–Kier alpha value is -3.29. The molecule has 8 heteroatoms. The summed E-state index contributed by atoms with van der Waals surface area (Å²) in [6, 6.07) is 9.49. The molecule has 0 saturated carbocycles. The van der Waals surface area contributed by atoms with Crippen LogP contribution in [-0.4, -0.2) is 28.7 Å². The van der Waals surface area contributed by atoms with Crippen molar-refractivity contribution in [2.24, 2.45) is 0 Å². The van der Waals surface area contributed by atoms with Gasteiger partial charge in [-0.3, -0.25) is 15.1 Å². The van der Waals surface area contributed by atoms with E-state index in [-0.39, 0.29) is 11.5 Å². The topological polar surface area (TPSA) is 85.3 Å². The Morgan fingerprint density at radius 1 is 1.27 bits per heavy atom. The quantitative estimate of drug-likeness (QED) is 0.472. The van der Waals surface area contributed by atoms with Crippen LogP contribution in [0, 0.1) is 15.9 Å². The second-order valence-corrected chi connectivity index (χ2v) is 5.83. The zero-order chi connectivity index (χ0) is 18.5. The fourth-order valence-electron chi connectivity index (χ4n) is 2.64. The summed E-state index contributed by atoms with van der Waals surface area (Å²) in [5, 5.41) is 15.1. The van der Waals surface area contributed by atoms with Crippen LogP contribution in [0.15, 0.2) is 53.3 Å². The second-order valence-electron chi connectivity index (χ2n) is 5.83. The van der Waals surface area contributed by atoms with Crippen LogP contribution in [0.3, 0.4) is 0 Å². The predicted octanol–water partition coefficient (Wildman–Crippen LogP) is 3.85. The lowest BCUT2D eigenvalue weighted by Gasteiger charge is -2.18. The number of aromatic nitrogens is 2. The Labute approximate surface area is 149 Å². The van der Waals surface area contributed by atoms with E-state index in [1.165, 1.54) is 24.5 Å². The highest BCUT2D eigenvalue weighted by Gasteiger charge is 2.16. The minimum atomic E-state index is -0.440. The van der Waals surface area contributed by atoms with Gasteiger partial charge >= 0.3 is 5.69 Å². The van der Waals surface area contributed by atoms with Crippen LogP contribution >= 0.6 is 0 Å². The lowest BCUT2D eigenvalue weighted by molar-refractivity contribution is -0.384. The van der Waals surface area contributed by atoms with Crippen LogP contribution in [-0.2, 0) is 6.42 Å². The fourth-order valence-corrected chi connectivity index (χ4v) is 2.64. The van der Waals surface area contributed by atoms with E-state index < -0.39 is 4.92 Å². The van der Waals surface area contributed by atoms with Gasteiger partial charge in [0.15, 0.2) is 0 Å². The van der Waals surface area contributed by atoms with Gasteiger partial charge in [0.2, 0.25) is 0 Å². The number of rotatable bonds is 7. The molecule has 0 spiro atoms. The average molecular weight is 356 g/mol. The third-order valence-corrected chi connectivity index (χ3v) is 4.00. The van der Waals surface area contributed by atoms with Gasteiger partial charge in [-0.25, -0.2) is 4.39 Å². The number of nitro groups is 1. The summed E-state index contributed by atoms with van der Waals surface area (Å²) in [5.74, 6) is 0.410. The lowest BCUT2D eigenvalue weighted by Crippen LogP contribution is -2.20. The van der Waals surface area contributed by atoms with E-state index >= 15 is 0 Å². The number of hydrogen-bond donors (Lipinski definition) is 0. The highest BCUT2D eigenvalue weighted by molar-refractivity contribution is 5.61. The highest BCUT2D eigenvalue weighted by Crippen LogP contribution is 2.26. The van der Waals surface area contributed by atoms with Crippen molar-refractivity contribution in [3.05, 3.63) is 70.5 Å². The predicted molar refractivity (Wildman–Crippen MR) is 94.4 cm³/mol. The molecule has 0 aliphatic rings. The van der Waals surface area contributed by atoms with Gasteiger partial charge in [-0.1, -0.05) is 5.16 Å². The number of halogens is 1. The first-order valence-corrected chi connectivity index (χ1v) is 8.05. The molecule has 0 atom stereocenters. The third-order valence-electron chi connectivity index (χ3n) is 4.00. The van der Waals surface area contributed by atoms with Crippen molar-refractivity contribution in [3.8, 4) is 11.3 Å². The van der Waals surface area contributed by atoms with Crippen molar-refractivity contribution in [1.82, 2.24) is 10.1 Å². The Morgan fingerprint density at radius 2 is 2.04 bits per heavy atom. The van der Waals surface area contributed by atoms with Gasteiger partial charge in [-0.2, -0.15) is 0 Å². The van der Waals surface area contributed by atoms with Crippen LogP contribution in [0.2, 0.25) is 0 Å². The Morgan fingerprint density at radius 3 is 2.77 bits per heavy atom. The van der Waals surface area contributed by atoms with Gasteiger partial charge in [-0.15, -0.1) is 0 Å². The van der Waals surface area contributed by atoms with Crippen molar-refractivity contribution in [2.75, 3.05) is 18.5 Å². The van der Waals surface area contributed by atoms with Gasteiger partial charge in [0.25, 0.3) is 0 Å². The largest absolute Gasteiger partial charge is 0.369 e. The number of benzene rings is 1. The van der Waals surface area contributed by atoms with E-state index in [9.17, 15) is 14.5 Å². The summed E-state index contributed by atoms with van der Waals surface area (Å²) in [5.41, 5.74) is 1.94. The molecule has 2 aromatic heterocycles. The second kappa shape index (κ2) is 7.73. The zero-order valence-electron chi connectivity index (χ0n) is 14.1. The summed E-state index contributed by atoms with van der Waals surface area (Å²) in [6.45, 7) is 0.609. The van der Waals surface area contributed by atoms with Gasteiger partial charge in [0.05, 0.1) is 4.92 Å². The monoisotopic (exact) mass is 356 g/mol. The van der Waals surface area contributed by atoms with E-state index in [0.717, 1.165) is 12.0 Å². The number of hydrogen-bond acceptors (Lipinski definition) is 6. The molecule has 3 rings (SSSR count). The molecule has 3 aromatic rings. The van der Waals surface area contributed by atoms with Crippen LogP contribution in [0.4, 0.5) is 15.8 Å². The SMILES string of the molecule is CN(CCCc1cc(-c2ccc(F)cc2)no1)c1ccncc1[N+](=O)[O-]. The summed E-state index contributed by atoms with van der Waals surface area (Å²) < 4.78 is 18.3. The molecule has 134 valence electrons. The van der Waals surface area contributed by atoms with Gasteiger partial charge < -0.3 is 9.42 Å². The Balaban J connectivity index is 1.59. The molecule has 0 N–H and O–H groups in total. The minimum Gasteiger partial charge on any atom is -0.369 e. The molecule has 26 heavy (non-hydrogen) atoms. The van der Waals surface area contributed by atoms with Crippen molar-refractivity contribution < 1.29 is 13.8 Å². The molecule has 1 aromatic carbocycles. The van der Waals surface area contributed by atoms with Gasteiger partial charge in [0.1, 0.15) is 29.2 Å². The van der Waals surface area contributed by atoms with Crippen LogP contribution < -0.4 is 4.90 Å². The normalized spacial score (nSPS) is 10.7. The summed E-state index contributed by atoms with van der Waals surface area (Å²) in [4.78, 5) is 16.2. The molecule has 0 aliphatic carbocycles. The summed E-state index contributed by atoms with van der Waals surface area (Å²) in [6.07, 6.45) is 4.15.